The third kappa shape index (κ3) is 3.89. The minimum absolute atomic E-state index is 0.344. The molecule has 2 heterocycles. The minimum atomic E-state index is -1.02. The number of aliphatic carboxylic acids is 1. The quantitative estimate of drug-likeness (QED) is 0.857. The summed E-state index contributed by atoms with van der Waals surface area (Å²) in [4.78, 5) is 19.2. The lowest BCUT2D eigenvalue weighted by Gasteiger charge is -2.07. The lowest BCUT2D eigenvalue weighted by Crippen LogP contribution is -1.99. The van der Waals surface area contributed by atoms with Crippen LogP contribution in [-0.2, 0) is 11.4 Å². The van der Waals surface area contributed by atoms with E-state index in [1.165, 1.54) is 17.4 Å². The van der Waals surface area contributed by atoms with Crippen molar-refractivity contribution in [2.24, 2.45) is 0 Å². The Balaban J connectivity index is 2.15. The van der Waals surface area contributed by atoms with E-state index < -0.39 is 5.97 Å². The van der Waals surface area contributed by atoms with E-state index in [0.29, 0.717) is 18.1 Å². The van der Waals surface area contributed by atoms with E-state index in [4.69, 9.17) is 9.84 Å². The van der Waals surface area contributed by atoms with E-state index in [-0.39, 0.29) is 0 Å². The molecule has 0 aliphatic rings. The van der Waals surface area contributed by atoms with Crippen molar-refractivity contribution in [2.45, 2.75) is 20.5 Å². The van der Waals surface area contributed by atoms with Crippen molar-refractivity contribution in [2.75, 3.05) is 0 Å². The Labute approximate surface area is 120 Å². The highest BCUT2D eigenvalue weighted by molar-refractivity contribution is 7.09. The van der Waals surface area contributed by atoms with E-state index in [2.05, 4.69) is 9.97 Å². The average Bonchev–Trinajstić information content (AvgIpc) is 2.81. The molecule has 0 radical (unpaired) electrons. The second-order valence-electron chi connectivity index (χ2n) is 4.18. The summed E-state index contributed by atoms with van der Waals surface area (Å²) < 4.78 is 5.67. The summed E-state index contributed by atoms with van der Waals surface area (Å²) in [7, 11) is 0. The van der Waals surface area contributed by atoms with Crippen LogP contribution in [0.15, 0.2) is 23.6 Å². The van der Waals surface area contributed by atoms with Gasteiger partial charge in [0.15, 0.2) is 0 Å². The molecule has 0 saturated carbocycles. The number of aryl methyl sites for hydroxylation is 2. The van der Waals surface area contributed by atoms with Gasteiger partial charge in [0.2, 0.25) is 0 Å². The SMILES string of the molecule is Cc1csc(COc2ccc(C)nc2/C=C/C(=O)O)n1. The number of rotatable bonds is 5. The number of ether oxygens (including phenoxy) is 1. The zero-order chi connectivity index (χ0) is 14.5. The van der Waals surface area contributed by atoms with E-state index in [9.17, 15) is 4.79 Å². The monoisotopic (exact) mass is 290 g/mol. The predicted octanol–water partition coefficient (Wildman–Crippen LogP) is 2.83. The molecule has 2 aromatic rings. The van der Waals surface area contributed by atoms with Crippen molar-refractivity contribution in [3.05, 3.63) is 45.7 Å². The maximum absolute atomic E-state index is 10.6. The van der Waals surface area contributed by atoms with Gasteiger partial charge in [0.1, 0.15) is 23.1 Å². The molecule has 0 amide bonds. The van der Waals surface area contributed by atoms with Crippen molar-refractivity contribution in [1.29, 1.82) is 0 Å². The van der Waals surface area contributed by atoms with Crippen LogP contribution in [0.2, 0.25) is 0 Å². The van der Waals surface area contributed by atoms with Gasteiger partial charge < -0.3 is 9.84 Å². The molecule has 20 heavy (non-hydrogen) atoms. The number of hydrogen-bond acceptors (Lipinski definition) is 5. The first-order valence-corrected chi connectivity index (χ1v) is 6.85. The number of pyridine rings is 1. The third-order valence-corrected chi connectivity index (χ3v) is 3.37. The fourth-order valence-electron chi connectivity index (χ4n) is 1.56. The van der Waals surface area contributed by atoms with Crippen molar-refractivity contribution in [3.8, 4) is 5.75 Å². The van der Waals surface area contributed by atoms with Gasteiger partial charge in [-0.15, -0.1) is 11.3 Å². The third-order valence-electron chi connectivity index (χ3n) is 2.43. The average molecular weight is 290 g/mol. The minimum Gasteiger partial charge on any atom is -0.484 e. The smallest absolute Gasteiger partial charge is 0.328 e. The van der Waals surface area contributed by atoms with Gasteiger partial charge in [-0.2, -0.15) is 0 Å². The van der Waals surface area contributed by atoms with Crippen molar-refractivity contribution >= 4 is 23.4 Å². The molecule has 0 fully saturated rings. The summed E-state index contributed by atoms with van der Waals surface area (Å²) in [5.41, 5.74) is 2.26. The maximum Gasteiger partial charge on any atom is 0.328 e. The first kappa shape index (κ1) is 14.2. The van der Waals surface area contributed by atoms with Crippen LogP contribution in [0.25, 0.3) is 6.08 Å². The summed E-state index contributed by atoms with van der Waals surface area (Å²) >= 11 is 1.53. The number of carbonyl (C=O) groups is 1. The highest BCUT2D eigenvalue weighted by Gasteiger charge is 2.06. The topological polar surface area (TPSA) is 72.3 Å². The molecule has 5 nitrogen and oxygen atoms in total. The Kier molecular flexibility index (Phi) is 4.47. The molecule has 2 aromatic heterocycles. The Hall–Kier alpha value is -2.21. The Morgan fingerprint density at radius 3 is 2.80 bits per heavy atom. The van der Waals surface area contributed by atoms with Crippen molar-refractivity contribution in [1.82, 2.24) is 9.97 Å². The Morgan fingerprint density at radius 2 is 2.15 bits per heavy atom. The molecule has 104 valence electrons. The molecule has 0 bridgehead atoms. The number of hydrogen-bond donors (Lipinski definition) is 1. The molecule has 0 aliphatic heterocycles. The molecule has 6 heteroatoms. The Bertz CT molecular complexity index is 650. The highest BCUT2D eigenvalue weighted by atomic mass is 32.1. The summed E-state index contributed by atoms with van der Waals surface area (Å²) in [5, 5.41) is 11.5. The van der Waals surface area contributed by atoms with Crippen LogP contribution < -0.4 is 4.74 Å². The molecule has 0 aromatic carbocycles. The van der Waals surface area contributed by atoms with Gasteiger partial charge in [-0.05, 0) is 32.1 Å². The predicted molar refractivity (Wildman–Crippen MR) is 76.8 cm³/mol. The van der Waals surface area contributed by atoms with Crippen LogP contribution in [0.4, 0.5) is 0 Å². The molecule has 0 atom stereocenters. The van der Waals surface area contributed by atoms with Gasteiger partial charge in [0.05, 0.1) is 0 Å². The first-order chi connectivity index (χ1) is 9.54. The lowest BCUT2D eigenvalue weighted by atomic mass is 10.2. The first-order valence-electron chi connectivity index (χ1n) is 5.97. The van der Waals surface area contributed by atoms with Crippen LogP contribution in [0.1, 0.15) is 22.1 Å². The van der Waals surface area contributed by atoms with Crippen LogP contribution in [0.5, 0.6) is 5.75 Å². The van der Waals surface area contributed by atoms with Crippen LogP contribution in [0, 0.1) is 13.8 Å². The molecule has 1 N–H and O–H groups in total. The number of nitrogens with zero attached hydrogens (tertiary/aromatic N) is 2. The zero-order valence-corrected chi connectivity index (χ0v) is 12.0. The second-order valence-corrected chi connectivity index (χ2v) is 5.12. The van der Waals surface area contributed by atoms with E-state index in [1.54, 1.807) is 6.07 Å². The summed E-state index contributed by atoms with van der Waals surface area (Å²) in [5.74, 6) is -0.476. The number of aromatic nitrogens is 2. The number of carboxylic acids is 1. The normalized spacial score (nSPS) is 10.9. The molecule has 2 rings (SSSR count). The lowest BCUT2D eigenvalue weighted by molar-refractivity contribution is -0.131. The van der Waals surface area contributed by atoms with Crippen LogP contribution in [0.3, 0.4) is 0 Å². The second kappa shape index (κ2) is 6.29. The van der Waals surface area contributed by atoms with E-state index >= 15 is 0 Å². The maximum atomic E-state index is 10.6. The van der Waals surface area contributed by atoms with Gasteiger partial charge >= 0.3 is 5.97 Å². The van der Waals surface area contributed by atoms with E-state index in [1.807, 2.05) is 25.3 Å². The van der Waals surface area contributed by atoms with Gasteiger partial charge in [0.25, 0.3) is 0 Å². The van der Waals surface area contributed by atoms with E-state index in [0.717, 1.165) is 22.5 Å². The standard InChI is InChI=1S/C14H14N2O3S/c1-9-3-5-12(11(15-9)4-6-14(17)18)19-7-13-16-10(2)8-20-13/h3-6,8H,7H2,1-2H3,(H,17,18)/b6-4+. The molecular formula is C14H14N2O3S. The molecule has 0 unspecified atom stereocenters. The largest absolute Gasteiger partial charge is 0.484 e. The molecule has 0 spiro atoms. The number of carboxylic acid groups (broad SMARTS) is 1. The van der Waals surface area contributed by atoms with Crippen molar-refractivity contribution in [3.63, 3.8) is 0 Å². The molecule has 0 aliphatic carbocycles. The number of thiazole rings is 1. The molecular weight excluding hydrogens is 276 g/mol. The molecule has 0 saturated heterocycles. The van der Waals surface area contributed by atoms with Gasteiger partial charge in [-0.3, -0.25) is 0 Å². The van der Waals surface area contributed by atoms with Crippen LogP contribution in [-0.4, -0.2) is 21.0 Å². The van der Waals surface area contributed by atoms with Gasteiger partial charge in [-0.25, -0.2) is 14.8 Å². The van der Waals surface area contributed by atoms with Gasteiger partial charge in [-0.1, -0.05) is 0 Å². The Morgan fingerprint density at radius 1 is 1.35 bits per heavy atom. The summed E-state index contributed by atoms with van der Waals surface area (Å²) in [6.45, 7) is 4.11. The summed E-state index contributed by atoms with van der Waals surface area (Å²) in [6, 6.07) is 3.60. The fraction of sp³-hybridized carbons (Fsp3) is 0.214. The zero-order valence-electron chi connectivity index (χ0n) is 11.2. The highest BCUT2D eigenvalue weighted by Crippen LogP contribution is 2.20. The fourth-order valence-corrected chi connectivity index (χ4v) is 2.25. The van der Waals surface area contributed by atoms with Crippen molar-refractivity contribution < 1.29 is 14.6 Å². The van der Waals surface area contributed by atoms with Gasteiger partial charge in [0, 0.05) is 22.8 Å². The van der Waals surface area contributed by atoms with Crippen LogP contribution >= 0.6 is 11.3 Å². The summed E-state index contributed by atoms with van der Waals surface area (Å²) in [6.07, 6.45) is 2.47.